The molecule has 0 unspecified atom stereocenters. The molecule has 7 heteroatoms. The predicted molar refractivity (Wildman–Crippen MR) is 119 cm³/mol. The molecule has 0 saturated carbocycles. The van der Waals surface area contributed by atoms with Crippen molar-refractivity contribution >= 4 is 41.5 Å². The standard InChI is InChI=1S/C20H25FN4O.HI/c1-3-15-7-6-9-17(13-15)25-19(26)14-24-20(22-2)23-12-11-16-8-4-5-10-18(16)21;/h4-10,13H,3,11-12,14H2,1-2H3,(H,25,26)(H2,22,23,24);1H. The van der Waals surface area contributed by atoms with Crippen LogP contribution in [0.3, 0.4) is 0 Å². The molecule has 146 valence electrons. The number of guanidine groups is 1. The largest absolute Gasteiger partial charge is 0.356 e. The lowest BCUT2D eigenvalue weighted by molar-refractivity contribution is -0.115. The number of nitrogens with one attached hydrogen (secondary N) is 3. The zero-order valence-corrected chi connectivity index (χ0v) is 17.9. The highest BCUT2D eigenvalue weighted by molar-refractivity contribution is 14.0. The molecular formula is C20H26FIN4O. The first kappa shape index (κ1) is 22.9. The number of nitrogens with zero attached hydrogens (tertiary/aromatic N) is 1. The molecule has 1 amide bonds. The van der Waals surface area contributed by atoms with Crippen LogP contribution in [-0.2, 0) is 17.6 Å². The maximum Gasteiger partial charge on any atom is 0.243 e. The van der Waals surface area contributed by atoms with E-state index in [0.717, 1.165) is 12.1 Å². The molecule has 3 N–H and O–H groups in total. The molecule has 0 atom stereocenters. The van der Waals surface area contributed by atoms with Gasteiger partial charge in [0.05, 0.1) is 6.54 Å². The number of amides is 1. The van der Waals surface area contributed by atoms with E-state index >= 15 is 0 Å². The number of carbonyl (C=O) groups excluding carboxylic acids is 1. The van der Waals surface area contributed by atoms with Crippen molar-refractivity contribution in [2.45, 2.75) is 19.8 Å². The minimum absolute atomic E-state index is 0. The lowest BCUT2D eigenvalue weighted by atomic mass is 10.1. The minimum atomic E-state index is -0.217. The molecule has 0 aliphatic heterocycles. The molecule has 5 nitrogen and oxygen atoms in total. The van der Waals surface area contributed by atoms with Crippen LogP contribution in [0.2, 0.25) is 0 Å². The summed E-state index contributed by atoms with van der Waals surface area (Å²) in [6, 6.07) is 14.4. The van der Waals surface area contributed by atoms with Crippen LogP contribution in [0.5, 0.6) is 0 Å². The Hall–Kier alpha value is -2.16. The molecule has 2 aromatic carbocycles. The first-order valence-corrected chi connectivity index (χ1v) is 8.69. The Bertz CT molecular complexity index is 767. The van der Waals surface area contributed by atoms with Crippen LogP contribution in [0.25, 0.3) is 0 Å². The lowest BCUT2D eigenvalue weighted by Crippen LogP contribution is -2.42. The molecule has 0 heterocycles. The molecule has 0 radical (unpaired) electrons. The molecule has 0 fully saturated rings. The van der Waals surface area contributed by atoms with E-state index in [1.165, 1.54) is 11.6 Å². The number of aryl methyl sites for hydroxylation is 1. The molecule has 0 bridgehead atoms. The van der Waals surface area contributed by atoms with Crippen LogP contribution in [0.15, 0.2) is 53.5 Å². The van der Waals surface area contributed by atoms with Crippen LogP contribution < -0.4 is 16.0 Å². The molecule has 0 saturated heterocycles. The number of anilines is 1. The lowest BCUT2D eigenvalue weighted by Gasteiger charge is -2.12. The van der Waals surface area contributed by atoms with Crippen LogP contribution >= 0.6 is 24.0 Å². The number of hydrogen-bond acceptors (Lipinski definition) is 2. The van der Waals surface area contributed by atoms with Crippen molar-refractivity contribution in [3.8, 4) is 0 Å². The molecule has 0 aliphatic carbocycles. The summed E-state index contributed by atoms with van der Waals surface area (Å²) in [4.78, 5) is 16.1. The summed E-state index contributed by atoms with van der Waals surface area (Å²) in [5.74, 6) is 0.125. The first-order valence-electron chi connectivity index (χ1n) is 8.69. The van der Waals surface area contributed by atoms with Gasteiger partial charge in [0, 0.05) is 19.3 Å². The second-order valence-electron chi connectivity index (χ2n) is 5.80. The summed E-state index contributed by atoms with van der Waals surface area (Å²) in [7, 11) is 1.63. The van der Waals surface area contributed by atoms with Gasteiger partial charge in [-0.3, -0.25) is 9.79 Å². The smallest absolute Gasteiger partial charge is 0.243 e. The summed E-state index contributed by atoms with van der Waals surface area (Å²) in [6.07, 6.45) is 1.45. The Morgan fingerprint density at radius 2 is 1.89 bits per heavy atom. The number of benzene rings is 2. The second-order valence-corrected chi connectivity index (χ2v) is 5.80. The molecule has 0 aliphatic rings. The van der Waals surface area contributed by atoms with Crippen molar-refractivity contribution < 1.29 is 9.18 Å². The van der Waals surface area contributed by atoms with E-state index in [9.17, 15) is 9.18 Å². The Balaban J connectivity index is 0.00000364. The number of hydrogen-bond donors (Lipinski definition) is 3. The van der Waals surface area contributed by atoms with E-state index < -0.39 is 0 Å². The van der Waals surface area contributed by atoms with E-state index in [1.54, 1.807) is 19.2 Å². The zero-order valence-electron chi connectivity index (χ0n) is 15.6. The number of halogens is 2. The molecule has 27 heavy (non-hydrogen) atoms. The Kier molecular flexibility index (Phi) is 10.4. The Morgan fingerprint density at radius 3 is 2.59 bits per heavy atom. The zero-order chi connectivity index (χ0) is 18.8. The number of rotatable bonds is 7. The van der Waals surface area contributed by atoms with E-state index in [0.29, 0.717) is 24.5 Å². The third kappa shape index (κ3) is 7.94. The topological polar surface area (TPSA) is 65.5 Å². The van der Waals surface area contributed by atoms with Gasteiger partial charge in [0.15, 0.2) is 5.96 Å². The highest BCUT2D eigenvalue weighted by atomic mass is 127. The van der Waals surface area contributed by atoms with Gasteiger partial charge in [-0.2, -0.15) is 0 Å². The molecular weight excluding hydrogens is 458 g/mol. The second kappa shape index (κ2) is 12.3. The van der Waals surface area contributed by atoms with Gasteiger partial charge in [0.2, 0.25) is 5.91 Å². The fourth-order valence-corrected chi connectivity index (χ4v) is 2.48. The summed E-state index contributed by atoms with van der Waals surface area (Å²) in [6.45, 7) is 2.68. The first-order chi connectivity index (χ1) is 12.6. The Labute approximate surface area is 176 Å². The van der Waals surface area contributed by atoms with Gasteiger partial charge in [0.1, 0.15) is 5.82 Å². The highest BCUT2D eigenvalue weighted by Gasteiger charge is 2.05. The summed E-state index contributed by atoms with van der Waals surface area (Å²) >= 11 is 0. The fraction of sp³-hybridized carbons (Fsp3) is 0.300. The van der Waals surface area contributed by atoms with Gasteiger partial charge in [-0.1, -0.05) is 37.3 Å². The van der Waals surface area contributed by atoms with Gasteiger partial charge in [-0.05, 0) is 42.2 Å². The van der Waals surface area contributed by atoms with Gasteiger partial charge in [-0.15, -0.1) is 24.0 Å². The van der Waals surface area contributed by atoms with Crippen LogP contribution in [0.4, 0.5) is 10.1 Å². The van der Waals surface area contributed by atoms with E-state index in [1.807, 2.05) is 30.3 Å². The summed E-state index contributed by atoms with van der Waals surface area (Å²) in [5.41, 5.74) is 2.59. The predicted octanol–water partition coefficient (Wildman–Crippen LogP) is 3.35. The molecule has 2 rings (SSSR count). The maximum absolute atomic E-state index is 13.6. The van der Waals surface area contributed by atoms with Crippen molar-refractivity contribution in [2.24, 2.45) is 4.99 Å². The van der Waals surface area contributed by atoms with Gasteiger partial charge >= 0.3 is 0 Å². The fourth-order valence-electron chi connectivity index (χ4n) is 2.48. The van der Waals surface area contributed by atoms with Gasteiger partial charge in [-0.25, -0.2) is 4.39 Å². The third-order valence-corrected chi connectivity index (χ3v) is 3.90. The van der Waals surface area contributed by atoms with Crippen molar-refractivity contribution in [3.05, 3.63) is 65.5 Å². The number of carbonyl (C=O) groups is 1. The highest BCUT2D eigenvalue weighted by Crippen LogP contribution is 2.10. The Morgan fingerprint density at radius 1 is 1.11 bits per heavy atom. The monoisotopic (exact) mass is 484 g/mol. The van der Waals surface area contributed by atoms with Crippen molar-refractivity contribution in [3.63, 3.8) is 0 Å². The van der Waals surface area contributed by atoms with Crippen molar-refractivity contribution in [1.29, 1.82) is 0 Å². The SMILES string of the molecule is CCc1cccc(NC(=O)CNC(=NC)NCCc2ccccc2F)c1.I. The maximum atomic E-state index is 13.6. The quantitative estimate of drug-likeness (QED) is 0.321. The normalized spacial score (nSPS) is 10.7. The van der Waals surface area contributed by atoms with Crippen molar-refractivity contribution in [2.75, 3.05) is 25.5 Å². The van der Waals surface area contributed by atoms with Gasteiger partial charge in [0.25, 0.3) is 0 Å². The van der Waals surface area contributed by atoms with Crippen LogP contribution in [-0.4, -0.2) is 32.0 Å². The van der Waals surface area contributed by atoms with Crippen LogP contribution in [0.1, 0.15) is 18.1 Å². The molecule has 2 aromatic rings. The summed E-state index contributed by atoms with van der Waals surface area (Å²) in [5, 5.41) is 8.88. The van der Waals surface area contributed by atoms with E-state index in [2.05, 4.69) is 27.9 Å². The third-order valence-electron chi connectivity index (χ3n) is 3.90. The van der Waals surface area contributed by atoms with E-state index in [4.69, 9.17) is 0 Å². The van der Waals surface area contributed by atoms with Crippen molar-refractivity contribution in [1.82, 2.24) is 10.6 Å². The van der Waals surface area contributed by atoms with Crippen LogP contribution in [0, 0.1) is 5.82 Å². The molecule has 0 aromatic heterocycles. The molecule has 0 spiro atoms. The van der Waals surface area contributed by atoms with Gasteiger partial charge < -0.3 is 16.0 Å². The average Bonchev–Trinajstić information content (AvgIpc) is 2.66. The minimum Gasteiger partial charge on any atom is -0.356 e. The average molecular weight is 484 g/mol. The number of aliphatic imine (C=N–C) groups is 1. The summed E-state index contributed by atoms with van der Waals surface area (Å²) < 4.78 is 13.6. The van der Waals surface area contributed by atoms with E-state index in [-0.39, 0.29) is 42.2 Å².